The summed E-state index contributed by atoms with van der Waals surface area (Å²) in [5, 5.41) is 9.28. The van der Waals surface area contributed by atoms with Gasteiger partial charge in [-0.05, 0) is 30.2 Å². The maximum Gasteiger partial charge on any atom is 0.335 e. The van der Waals surface area contributed by atoms with E-state index in [4.69, 9.17) is 4.74 Å². The van der Waals surface area contributed by atoms with E-state index in [9.17, 15) is 9.90 Å². The van der Waals surface area contributed by atoms with E-state index in [1.54, 1.807) is 12.1 Å². The van der Waals surface area contributed by atoms with Crippen LogP contribution < -0.4 is 4.74 Å². The second-order valence-electron chi connectivity index (χ2n) is 7.41. The fraction of sp³-hybridized carbons (Fsp3) is 0.480. The van der Waals surface area contributed by atoms with Gasteiger partial charge in [-0.25, -0.2) is 4.79 Å². The van der Waals surface area contributed by atoms with Gasteiger partial charge in [0.15, 0.2) is 0 Å². The monoisotopic (exact) mass is 382 g/mol. The molecule has 2 rings (SSSR count). The van der Waals surface area contributed by atoms with Crippen molar-refractivity contribution < 1.29 is 14.6 Å². The minimum absolute atomic E-state index is 0.262. The largest absolute Gasteiger partial charge is 0.493 e. The summed E-state index contributed by atoms with van der Waals surface area (Å²) in [5.41, 5.74) is 2.24. The predicted octanol–water partition coefficient (Wildman–Crippen LogP) is 7.35. The fourth-order valence-corrected chi connectivity index (χ4v) is 3.40. The highest BCUT2D eigenvalue weighted by atomic mass is 16.5. The molecule has 0 spiro atoms. The van der Waals surface area contributed by atoms with Gasteiger partial charge in [0.05, 0.1) is 12.2 Å². The fourth-order valence-electron chi connectivity index (χ4n) is 3.40. The molecule has 3 nitrogen and oxygen atoms in total. The first-order valence-corrected chi connectivity index (χ1v) is 10.8. The van der Waals surface area contributed by atoms with Crippen molar-refractivity contribution in [2.24, 2.45) is 0 Å². The average Bonchev–Trinajstić information content (AvgIpc) is 2.72. The lowest BCUT2D eigenvalue weighted by atomic mass is 10.0. The number of hydrogen-bond acceptors (Lipinski definition) is 2. The Hall–Kier alpha value is -2.29. The van der Waals surface area contributed by atoms with Crippen LogP contribution in [0.2, 0.25) is 0 Å². The third-order valence-corrected chi connectivity index (χ3v) is 5.07. The Morgan fingerprint density at radius 2 is 1.43 bits per heavy atom. The normalized spacial score (nSPS) is 10.8. The molecule has 0 heterocycles. The summed E-state index contributed by atoms with van der Waals surface area (Å²) in [6.45, 7) is 2.88. The molecule has 0 atom stereocenters. The number of rotatable bonds is 14. The quantitative estimate of drug-likeness (QED) is 0.347. The highest BCUT2D eigenvalue weighted by Gasteiger charge is 2.11. The van der Waals surface area contributed by atoms with Crippen LogP contribution in [0.25, 0.3) is 11.1 Å². The second kappa shape index (κ2) is 13.0. The zero-order chi connectivity index (χ0) is 20.0. The zero-order valence-corrected chi connectivity index (χ0v) is 17.2. The molecule has 28 heavy (non-hydrogen) atoms. The minimum Gasteiger partial charge on any atom is -0.493 e. The molecule has 2 aromatic rings. The maximum atomic E-state index is 11.3. The molecular formula is C25H34O3. The molecule has 3 heteroatoms. The van der Waals surface area contributed by atoms with Crippen LogP contribution in [0.3, 0.4) is 0 Å². The van der Waals surface area contributed by atoms with E-state index >= 15 is 0 Å². The molecule has 0 aromatic heterocycles. The molecule has 0 saturated heterocycles. The van der Waals surface area contributed by atoms with Gasteiger partial charge in [0.2, 0.25) is 0 Å². The number of hydrogen-bond donors (Lipinski definition) is 1. The maximum absolute atomic E-state index is 11.3. The van der Waals surface area contributed by atoms with E-state index in [-0.39, 0.29) is 5.56 Å². The average molecular weight is 383 g/mol. The van der Waals surface area contributed by atoms with E-state index in [1.165, 1.54) is 51.4 Å². The standard InChI is InChI=1S/C25H34O3/c1-2-3-4-5-6-7-8-9-10-14-19-28-24-20-22(25(26)27)17-18-23(24)21-15-12-11-13-16-21/h11-13,15-18,20H,2-10,14,19H2,1H3,(H,26,27). The summed E-state index contributed by atoms with van der Waals surface area (Å²) >= 11 is 0. The smallest absolute Gasteiger partial charge is 0.335 e. The number of carboxylic acids is 1. The Labute approximate surface area is 169 Å². The molecule has 0 aliphatic heterocycles. The predicted molar refractivity (Wildman–Crippen MR) is 116 cm³/mol. The van der Waals surface area contributed by atoms with Crippen molar-refractivity contribution in [2.75, 3.05) is 6.61 Å². The molecule has 0 amide bonds. The van der Waals surface area contributed by atoms with Gasteiger partial charge in [0.25, 0.3) is 0 Å². The van der Waals surface area contributed by atoms with Crippen LogP contribution in [-0.4, -0.2) is 17.7 Å². The third kappa shape index (κ3) is 7.75. The molecule has 0 aliphatic carbocycles. The lowest BCUT2D eigenvalue weighted by Gasteiger charge is -2.13. The summed E-state index contributed by atoms with van der Waals surface area (Å²) in [6, 6.07) is 15.1. The van der Waals surface area contributed by atoms with Crippen LogP contribution in [0.15, 0.2) is 48.5 Å². The molecule has 1 N–H and O–H groups in total. The van der Waals surface area contributed by atoms with E-state index in [1.807, 2.05) is 36.4 Å². The van der Waals surface area contributed by atoms with Crippen LogP contribution in [0.1, 0.15) is 81.5 Å². The number of carbonyl (C=O) groups is 1. The Balaban J connectivity index is 1.76. The summed E-state index contributed by atoms with van der Waals surface area (Å²) < 4.78 is 5.99. The van der Waals surface area contributed by atoms with E-state index < -0.39 is 5.97 Å². The van der Waals surface area contributed by atoms with Gasteiger partial charge in [-0.2, -0.15) is 0 Å². The second-order valence-corrected chi connectivity index (χ2v) is 7.41. The third-order valence-electron chi connectivity index (χ3n) is 5.07. The van der Waals surface area contributed by atoms with Crippen molar-refractivity contribution in [3.8, 4) is 16.9 Å². The lowest BCUT2D eigenvalue weighted by molar-refractivity contribution is 0.0696. The molecule has 2 aromatic carbocycles. The molecule has 0 saturated carbocycles. The number of aromatic carboxylic acids is 1. The summed E-state index contributed by atoms with van der Waals surface area (Å²) in [4.78, 5) is 11.3. The molecule has 0 bridgehead atoms. The van der Waals surface area contributed by atoms with Crippen molar-refractivity contribution in [1.29, 1.82) is 0 Å². The number of ether oxygens (including phenoxy) is 1. The molecule has 152 valence electrons. The molecule has 0 radical (unpaired) electrons. The van der Waals surface area contributed by atoms with Crippen LogP contribution in [0.5, 0.6) is 5.75 Å². The summed E-state index contributed by atoms with van der Waals surface area (Å²) in [6.07, 6.45) is 12.8. The Kier molecular flexibility index (Phi) is 10.2. The Morgan fingerprint density at radius 3 is 2.04 bits per heavy atom. The van der Waals surface area contributed by atoms with Crippen LogP contribution in [-0.2, 0) is 0 Å². The minimum atomic E-state index is -0.927. The van der Waals surface area contributed by atoms with Crippen molar-refractivity contribution in [2.45, 2.75) is 71.1 Å². The first-order valence-electron chi connectivity index (χ1n) is 10.8. The van der Waals surface area contributed by atoms with Crippen molar-refractivity contribution in [3.05, 3.63) is 54.1 Å². The molecular weight excluding hydrogens is 348 g/mol. The van der Waals surface area contributed by atoms with Gasteiger partial charge in [-0.1, -0.05) is 95.0 Å². The highest BCUT2D eigenvalue weighted by molar-refractivity contribution is 5.89. The lowest BCUT2D eigenvalue weighted by Crippen LogP contribution is -2.02. The van der Waals surface area contributed by atoms with Gasteiger partial charge in [-0.15, -0.1) is 0 Å². The Bertz CT molecular complexity index is 694. The number of carboxylic acid groups (broad SMARTS) is 1. The Morgan fingerprint density at radius 1 is 0.821 bits per heavy atom. The highest BCUT2D eigenvalue weighted by Crippen LogP contribution is 2.31. The van der Waals surface area contributed by atoms with Gasteiger partial charge < -0.3 is 9.84 Å². The first-order chi connectivity index (χ1) is 13.7. The van der Waals surface area contributed by atoms with Gasteiger partial charge in [0, 0.05) is 5.56 Å². The van der Waals surface area contributed by atoms with Crippen LogP contribution in [0, 0.1) is 0 Å². The van der Waals surface area contributed by atoms with Gasteiger partial charge >= 0.3 is 5.97 Å². The van der Waals surface area contributed by atoms with Crippen LogP contribution in [0.4, 0.5) is 0 Å². The van der Waals surface area contributed by atoms with Gasteiger partial charge in [0.1, 0.15) is 5.75 Å². The zero-order valence-electron chi connectivity index (χ0n) is 17.2. The van der Waals surface area contributed by atoms with Crippen molar-refractivity contribution in [1.82, 2.24) is 0 Å². The first kappa shape index (κ1) is 22.0. The molecule has 0 unspecified atom stereocenters. The van der Waals surface area contributed by atoms with Crippen LogP contribution >= 0.6 is 0 Å². The SMILES string of the molecule is CCCCCCCCCCCCOc1cc(C(=O)O)ccc1-c1ccccc1. The van der Waals surface area contributed by atoms with Crippen molar-refractivity contribution >= 4 is 5.97 Å². The number of benzene rings is 2. The van der Waals surface area contributed by atoms with E-state index in [0.717, 1.165) is 24.0 Å². The summed E-state index contributed by atoms with van der Waals surface area (Å²) in [7, 11) is 0. The molecule has 0 fully saturated rings. The van der Waals surface area contributed by atoms with Crippen molar-refractivity contribution in [3.63, 3.8) is 0 Å². The van der Waals surface area contributed by atoms with Gasteiger partial charge in [-0.3, -0.25) is 0 Å². The van der Waals surface area contributed by atoms with E-state index in [2.05, 4.69) is 6.92 Å². The van der Waals surface area contributed by atoms with E-state index in [0.29, 0.717) is 12.4 Å². The number of unbranched alkanes of at least 4 members (excludes halogenated alkanes) is 9. The topological polar surface area (TPSA) is 46.5 Å². The molecule has 0 aliphatic rings. The summed E-state index contributed by atoms with van der Waals surface area (Å²) in [5.74, 6) is -0.273.